The fraction of sp³-hybridized carbons (Fsp3) is 0.385. The molecule has 0 amide bonds. The Balaban J connectivity index is 2.36. The first kappa shape index (κ1) is 16.8. The monoisotopic (exact) mass is 367 g/mol. The summed E-state index contributed by atoms with van der Waals surface area (Å²) in [6.45, 7) is 2.50. The van der Waals surface area contributed by atoms with Gasteiger partial charge in [-0.3, -0.25) is 5.41 Å². The molecule has 1 N–H and O–H groups in total. The van der Waals surface area contributed by atoms with Crippen LogP contribution in [0.25, 0.3) is 0 Å². The molecule has 0 atom stereocenters. The van der Waals surface area contributed by atoms with Crippen LogP contribution in [0.1, 0.15) is 5.56 Å². The number of rotatable bonds is 1. The zero-order valence-corrected chi connectivity index (χ0v) is 14.0. The van der Waals surface area contributed by atoms with Crippen LogP contribution >= 0.6 is 46.4 Å². The van der Waals surface area contributed by atoms with Crippen molar-refractivity contribution in [1.82, 2.24) is 4.90 Å². The SMILES string of the molecule is N=C(N=C(c1ccc(Cl)cc1)N1CCOCC1)C(Cl)(Cl)Cl. The van der Waals surface area contributed by atoms with E-state index in [1.54, 1.807) is 12.1 Å². The van der Waals surface area contributed by atoms with Crippen molar-refractivity contribution < 1.29 is 4.74 Å². The van der Waals surface area contributed by atoms with Crippen molar-refractivity contribution in [2.24, 2.45) is 4.99 Å². The minimum Gasteiger partial charge on any atom is -0.378 e. The second kappa shape index (κ2) is 7.16. The van der Waals surface area contributed by atoms with Gasteiger partial charge in [0.15, 0.2) is 5.84 Å². The predicted octanol–water partition coefficient (Wildman–Crippen LogP) is 3.77. The number of benzene rings is 1. The number of halogens is 4. The molecule has 2 rings (SSSR count). The van der Waals surface area contributed by atoms with Gasteiger partial charge in [-0.05, 0) is 24.3 Å². The highest BCUT2D eigenvalue weighted by Gasteiger charge is 2.28. The highest BCUT2D eigenvalue weighted by Crippen LogP contribution is 2.28. The Morgan fingerprint density at radius 2 is 1.71 bits per heavy atom. The van der Waals surface area contributed by atoms with Gasteiger partial charge in [0, 0.05) is 23.7 Å². The number of ether oxygens (including phenoxy) is 1. The average molecular weight is 369 g/mol. The smallest absolute Gasteiger partial charge is 0.249 e. The maximum absolute atomic E-state index is 7.81. The van der Waals surface area contributed by atoms with Gasteiger partial charge in [-0.2, -0.15) is 0 Å². The lowest BCUT2D eigenvalue weighted by molar-refractivity contribution is 0.0683. The Morgan fingerprint density at radius 3 is 2.24 bits per heavy atom. The number of hydrogen-bond acceptors (Lipinski definition) is 2. The largest absolute Gasteiger partial charge is 0.378 e. The van der Waals surface area contributed by atoms with Crippen molar-refractivity contribution in [3.8, 4) is 0 Å². The number of morpholine rings is 1. The van der Waals surface area contributed by atoms with Crippen LogP contribution in [-0.2, 0) is 4.74 Å². The van der Waals surface area contributed by atoms with Crippen molar-refractivity contribution in [2.75, 3.05) is 26.3 Å². The highest BCUT2D eigenvalue weighted by atomic mass is 35.6. The molecule has 0 aromatic heterocycles. The molecule has 0 aliphatic carbocycles. The topological polar surface area (TPSA) is 48.7 Å². The van der Waals surface area contributed by atoms with Gasteiger partial charge in [0.2, 0.25) is 3.79 Å². The van der Waals surface area contributed by atoms with Crippen molar-refractivity contribution >= 4 is 58.1 Å². The third-order valence-electron chi connectivity index (χ3n) is 2.90. The molecule has 0 bridgehead atoms. The molecule has 0 spiro atoms. The van der Waals surface area contributed by atoms with Crippen LogP contribution < -0.4 is 0 Å². The normalized spacial score (nSPS) is 17.0. The molecule has 1 aromatic carbocycles. The van der Waals surface area contributed by atoms with E-state index in [0.29, 0.717) is 37.2 Å². The number of nitrogens with one attached hydrogen (secondary N) is 1. The van der Waals surface area contributed by atoms with E-state index in [1.165, 1.54) is 0 Å². The lowest BCUT2D eigenvalue weighted by atomic mass is 10.2. The molecule has 1 aliphatic heterocycles. The molecular weight excluding hydrogens is 356 g/mol. The average Bonchev–Trinajstić information content (AvgIpc) is 2.45. The Labute approximate surface area is 143 Å². The molecule has 21 heavy (non-hydrogen) atoms. The second-order valence-corrected chi connectivity index (χ2v) is 7.11. The molecule has 0 radical (unpaired) electrons. The van der Waals surface area contributed by atoms with Gasteiger partial charge in [-0.25, -0.2) is 4.99 Å². The summed E-state index contributed by atoms with van der Waals surface area (Å²) in [6.07, 6.45) is 0. The van der Waals surface area contributed by atoms with Gasteiger partial charge >= 0.3 is 0 Å². The minimum absolute atomic E-state index is 0.330. The van der Waals surface area contributed by atoms with E-state index in [4.69, 9.17) is 56.5 Å². The van der Waals surface area contributed by atoms with Crippen molar-refractivity contribution in [3.63, 3.8) is 0 Å². The number of amidine groups is 2. The van der Waals surface area contributed by atoms with E-state index in [2.05, 4.69) is 4.99 Å². The Bertz CT molecular complexity index is 533. The Hall–Kier alpha value is -0.520. The fourth-order valence-corrected chi connectivity index (χ4v) is 2.11. The third kappa shape index (κ3) is 4.73. The summed E-state index contributed by atoms with van der Waals surface area (Å²) < 4.78 is 3.47. The molecule has 1 fully saturated rings. The van der Waals surface area contributed by atoms with Gasteiger partial charge in [0.1, 0.15) is 5.84 Å². The van der Waals surface area contributed by atoms with Crippen molar-refractivity contribution in [2.45, 2.75) is 3.79 Å². The van der Waals surface area contributed by atoms with E-state index in [0.717, 1.165) is 5.56 Å². The first-order chi connectivity index (χ1) is 9.88. The van der Waals surface area contributed by atoms with Crippen molar-refractivity contribution in [3.05, 3.63) is 34.9 Å². The summed E-state index contributed by atoms with van der Waals surface area (Å²) >= 11 is 23.0. The summed E-state index contributed by atoms with van der Waals surface area (Å²) in [5, 5.41) is 8.44. The predicted molar refractivity (Wildman–Crippen MR) is 88.4 cm³/mol. The van der Waals surface area contributed by atoms with Crippen molar-refractivity contribution in [1.29, 1.82) is 5.41 Å². The van der Waals surface area contributed by atoms with Crippen LogP contribution in [0.5, 0.6) is 0 Å². The van der Waals surface area contributed by atoms with Gasteiger partial charge in [-0.1, -0.05) is 46.4 Å². The molecule has 1 aromatic rings. The standard InChI is InChI=1S/C13H13Cl4N3O/c14-10-3-1-9(2-4-10)11(19-12(18)13(15,16)17)20-5-7-21-8-6-20/h1-4,18H,5-8H2. The molecular formula is C13H13Cl4N3O. The Morgan fingerprint density at radius 1 is 1.14 bits per heavy atom. The zero-order chi connectivity index (χ0) is 15.5. The van der Waals surface area contributed by atoms with E-state index < -0.39 is 3.79 Å². The lowest BCUT2D eigenvalue weighted by Crippen LogP contribution is -2.42. The summed E-state index contributed by atoms with van der Waals surface area (Å²) in [5.41, 5.74) is 0.806. The fourth-order valence-electron chi connectivity index (χ4n) is 1.86. The van der Waals surface area contributed by atoms with Gasteiger partial charge < -0.3 is 9.64 Å². The van der Waals surface area contributed by atoms with Crippen LogP contribution in [0.15, 0.2) is 29.3 Å². The third-order valence-corrected chi connectivity index (χ3v) is 3.69. The quantitative estimate of drug-likeness (QED) is 0.466. The molecule has 1 saturated heterocycles. The summed E-state index contributed by atoms with van der Waals surface area (Å²) in [5.74, 6) is 0.246. The van der Waals surface area contributed by atoms with Crippen LogP contribution in [0.4, 0.5) is 0 Å². The molecule has 0 saturated carbocycles. The first-order valence-electron chi connectivity index (χ1n) is 6.21. The van der Waals surface area contributed by atoms with E-state index in [9.17, 15) is 0 Å². The Kier molecular flexibility index (Phi) is 5.74. The molecule has 1 heterocycles. The lowest BCUT2D eigenvalue weighted by Gasteiger charge is -2.30. The maximum Gasteiger partial charge on any atom is 0.249 e. The second-order valence-electron chi connectivity index (χ2n) is 4.39. The summed E-state index contributed by atoms with van der Waals surface area (Å²) in [7, 11) is 0. The maximum atomic E-state index is 7.81. The van der Waals surface area contributed by atoms with Crippen LogP contribution in [-0.4, -0.2) is 46.7 Å². The highest BCUT2D eigenvalue weighted by molar-refractivity contribution is 6.76. The number of alkyl halides is 3. The van der Waals surface area contributed by atoms with Gasteiger partial charge in [0.05, 0.1) is 13.2 Å². The molecule has 0 unspecified atom stereocenters. The summed E-state index contributed by atoms with van der Waals surface area (Å²) in [6, 6.07) is 7.15. The first-order valence-corrected chi connectivity index (χ1v) is 7.72. The molecule has 1 aliphatic rings. The van der Waals surface area contributed by atoms with E-state index in [-0.39, 0.29) is 5.84 Å². The minimum atomic E-state index is -1.86. The number of aliphatic imine (C=N–C) groups is 1. The zero-order valence-electron chi connectivity index (χ0n) is 11.0. The molecule has 8 heteroatoms. The van der Waals surface area contributed by atoms with Gasteiger partial charge in [-0.15, -0.1) is 0 Å². The molecule has 114 valence electrons. The van der Waals surface area contributed by atoms with Gasteiger partial charge in [0.25, 0.3) is 0 Å². The van der Waals surface area contributed by atoms with Crippen LogP contribution in [0.3, 0.4) is 0 Å². The van der Waals surface area contributed by atoms with E-state index in [1.807, 2.05) is 17.0 Å². The van der Waals surface area contributed by atoms with Crippen LogP contribution in [0.2, 0.25) is 5.02 Å². The van der Waals surface area contributed by atoms with Crippen LogP contribution in [0, 0.1) is 5.41 Å². The summed E-state index contributed by atoms with van der Waals surface area (Å²) in [4.78, 5) is 6.20. The number of nitrogens with zero attached hydrogens (tertiary/aromatic N) is 2. The number of hydrogen-bond donors (Lipinski definition) is 1. The van der Waals surface area contributed by atoms with E-state index >= 15 is 0 Å². The molecule has 4 nitrogen and oxygen atoms in total.